The van der Waals surface area contributed by atoms with Crippen LogP contribution in [-0.4, -0.2) is 23.0 Å². The van der Waals surface area contributed by atoms with Gasteiger partial charge in [-0.15, -0.1) is 0 Å². The number of aromatic nitrogens is 2. The Morgan fingerprint density at radius 2 is 2.05 bits per heavy atom. The molecule has 0 spiro atoms. The Labute approximate surface area is 121 Å². The second kappa shape index (κ2) is 5.58. The summed E-state index contributed by atoms with van der Waals surface area (Å²) >= 11 is 0. The minimum absolute atomic E-state index is 0.259. The molecule has 0 fully saturated rings. The highest BCUT2D eigenvalue weighted by Crippen LogP contribution is 2.21. The fraction of sp³-hybridized carbons (Fsp3) is 0.0625. The van der Waals surface area contributed by atoms with Crippen LogP contribution in [0.4, 0.5) is 5.69 Å². The van der Waals surface area contributed by atoms with Gasteiger partial charge in [0.05, 0.1) is 24.5 Å². The average Bonchev–Trinajstić information content (AvgIpc) is 2.55. The normalized spacial score (nSPS) is 10.3. The standard InChI is InChI=1S/C16H13N3O2/c1-21-13-6-5-11-8-12(10-18-15(11)9-13)19-16(20)14-4-2-3-7-17-14/h2-10H,1H3,(H,19,20). The van der Waals surface area contributed by atoms with Crippen molar-refractivity contribution in [1.29, 1.82) is 0 Å². The van der Waals surface area contributed by atoms with Gasteiger partial charge < -0.3 is 10.1 Å². The van der Waals surface area contributed by atoms with Crippen LogP contribution in [0.5, 0.6) is 5.75 Å². The summed E-state index contributed by atoms with van der Waals surface area (Å²) in [5.74, 6) is 0.491. The Morgan fingerprint density at radius 3 is 2.81 bits per heavy atom. The van der Waals surface area contributed by atoms with Crippen molar-refractivity contribution in [3.63, 3.8) is 0 Å². The Hall–Kier alpha value is -2.95. The number of pyridine rings is 2. The van der Waals surface area contributed by atoms with Crippen molar-refractivity contribution in [3.8, 4) is 5.75 Å². The summed E-state index contributed by atoms with van der Waals surface area (Å²) in [6, 6.07) is 12.7. The van der Waals surface area contributed by atoms with Gasteiger partial charge in [-0.2, -0.15) is 0 Å². The highest BCUT2D eigenvalue weighted by molar-refractivity contribution is 6.03. The number of hydrogen-bond donors (Lipinski definition) is 1. The molecule has 5 heteroatoms. The number of benzene rings is 1. The van der Waals surface area contributed by atoms with E-state index in [1.165, 1.54) is 0 Å². The molecule has 0 saturated heterocycles. The van der Waals surface area contributed by atoms with Crippen LogP contribution in [-0.2, 0) is 0 Å². The molecular weight excluding hydrogens is 266 g/mol. The lowest BCUT2D eigenvalue weighted by molar-refractivity contribution is 0.102. The number of ether oxygens (including phenoxy) is 1. The van der Waals surface area contributed by atoms with Gasteiger partial charge in [0.1, 0.15) is 11.4 Å². The van der Waals surface area contributed by atoms with Crippen molar-refractivity contribution in [3.05, 3.63) is 60.6 Å². The highest BCUT2D eigenvalue weighted by Gasteiger charge is 2.07. The van der Waals surface area contributed by atoms with E-state index < -0.39 is 0 Å². The van der Waals surface area contributed by atoms with Crippen molar-refractivity contribution in [2.75, 3.05) is 12.4 Å². The molecule has 3 rings (SSSR count). The third kappa shape index (κ3) is 2.81. The average molecular weight is 279 g/mol. The van der Waals surface area contributed by atoms with E-state index in [1.54, 1.807) is 37.7 Å². The molecule has 0 atom stereocenters. The van der Waals surface area contributed by atoms with Gasteiger partial charge in [-0.05, 0) is 30.3 Å². The number of anilines is 1. The molecule has 0 radical (unpaired) electrons. The van der Waals surface area contributed by atoms with Crippen molar-refractivity contribution in [2.45, 2.75) is 0 Å². The summed E-state index contributed by atoms with van der Waals surface area (Å²) in [5.41, 5.74) is 1.81. The molecule has 0 bridgehead atoms. The molecule has 2 heterocycles. The Bertz CT molecular complexity index is 788. The maximum atomic E-state index is 12.0. The Kier molecular flexibility index (Phi) is 3.47. The van der Waals surface area contributed by atoms with Gasteiger partial charge in [-0.25, -0.2) is 0 Å². The van der Waals surface area contributed by atoms with Crippen LogP contribution >= 0.6 is 0 Å². The quantitative estimate of drug-likeness (QED) is 0.800. The van der Waals surface area contributed by atoms with Crippen LogP contribution in [0.1, 0.15) is 10.5 Å². The third-order valence-corrected chi connectivity index (χ3v) is 3.05. The summed E-state index contributed by atoms with van der Waals surface area (Å²) in [5, 5.41) is 3.71. The van der Waals surface area contributed by atoms with E-state index in [9.17, 15) is 4.79 Å². The fourth-order valence-corrected chi connectivity index (χ4v) is 1.99. The molecule has 0 aliphatic carbocycles. The largest absolute Gasteiger partial charge is 0.497 e. The summed E-state index contributed by atoms with van der Waals surface area (Å²) in [4.78, 5) is 20.4. The Balaban J connectivity index is 1.86. The lowest BCUT2D eigenvalue weighted by Gasteiger charge is -2.06. The predicted molar refractivity (Wildman–Crippen MR) is 80.5 cm³/mol. The lowest BCUT2D eigenvalue weighted by atomic mass is 10.2. The maximum Gasteiger partial charge on any atom is 0.274 e. The zero-order chi connectivity index (χ0) is 14.7. The number of fused-ring (bicyclic) bond motifs is 1. The van der Waals surface area contributed by atoms with Crippen molar-refractivity contribution in [2.24, 2.45) is 0 Å². The number of nitrogens with one attached hydrogen (secondary N) is 1. The maximum absolute atomic E-state index is 12.0. The number of nitrogens with zero attached hydrogens (tertiary/aromatic N) is 2. The van der Waals surface area contributed by atoms with Crippen LogP contribution in [0.3, 0.4) is 0 Å². The molecule has 21 heavy (non-hydrogen) atoms. The minimum atomic E-state index is -0.259. The SMILES string of the molecule is COc1ccc2cc(NC(=O)c3ccccn3)cnc2c1. The van der Waals surface area contributed by atoms with E-state index in [-0.39, 0.29) is 5.91 Å². The van der Waals surface area contributed by atoms with Gasteiger partial charge >= 0.3 is 0 Å². The van der Waals surface area contributed by atoms with Crippen molar-refractivity contribution in [1.82, 2.24) is 9.97 Å². The molecular formula is C16H13N3O2. The van der Waals surface area contributed by atoms with E-state index in [2.05, 4.69) is 15.3 Å². The monoisotopic (exact) mass is 279 g/mol. The van der Waals surface area contributed by atoms with Gasteiger partial charge in [0.15, 0.2) is 0 Å². The molecule has 1 N–H and O–H groups in total. The van der Waals surface area contributed by atoms with Gasteiger partial charge in [0.2, 0.25) is 0 Å². The zero-order valence-electron chi connectivity index (χ0n) is 11.4. The lowest BCUT2D eigenvalue weighted by Crippen LogP contribution is -2.13. The second-order valence-electron chi connectivity index (χ2n) is 4.45. The van der Waals surface area contributed by atoms with E-state index in [1.807, 2.05) is 24.3 Å². The third-order valence-electron chi connectivity index (χ3n) is 3.05. The number of amides is 1. The predicted octanol–water partition coefficient (Wildman–Crippen LogP) is 2.89. The molecule has 5 nitrogen and oxygen atoms in total. The molecule has 104 valence electrons. The zero-order valence-corrected chi connectivity index (χ0v) is 11.4. The molecule has 3 aromatic rings. The van der Waals surface area contributed by atoms with E-state index in [4.69, 9.17) is 4.74 Å². The molecule has 0 unspecified atom stereocenters. The van der Waals surface area contributed by atoms with Crippen LogP contribution in [0.15, 0.2) is 54.9 Å². The molecule has 1 amide bonds. The van der Waals surface area contributed by atoms with Crippen molar-refractivity contribution < 1.29 is 9.53 Å². The summed E-state index contributed by atoms with van der Waals surface area (Å²) in [7, 11) is 1.61. The molecule has 0 aliphatic heterocycles. The number of carbonyl (C=O) groups is 1. The van der Waals surface area contributed by atoms with Crippen molar-refractivity contribution >= 4 is 22.5 Å². The minimum Gasteiger partial charge on any atom is -0.497 e. The first-order valence-electron chi connectivity index (χ1n) is 6.42. The molecule has 0 aliphatic rings. The molecule has 2 aromatic heterocycles. The number of carbonyl (C=O) groups excluding carboxylic acids is 1. The van der Waals surface area contributed by atoms with Crippen LogP contribution < -0.4 is 10.1 Å². The summed E-state index contributed by atoms with van der Waals surface area (Å²) in [6.45, 7) is 0. The van der Waals surface area contributed by atoms with Gasteiger partial charge in [0, 0.05) is 17.6 Å². The summed E-state index contributed by atoms with van der Waals surface area (Å²) in [6.07, 6.45) is 3.20. The first-order chi connectivity index (χ1) is 10.3. The van der Waals surface area contributed by atoms with E-state index in [0.29, 0.717) is 11.4 Å². The smallest absolute Gasteiger partial charge is 0.274 e. The molecule has 1 aromatic carbocycles. The van der Waals surface area contributed by atoms with Gasteiger partial charge in [-0.1, -0.05) is 6.07 Å². The summed E-state index contributed by atoms with van der Waals surface area (Å²) < 4.78 is 5.16. The number of rotatable bonds is 3. The fourth-order valence-electron chi connectivity index (χ4n) is 1.99. The molecule has 0 saturated carbocycles. The first-order valence-corrected chi connectivity index (χ1v) is 6.42. The van der Waals surface area contributed by atoms with Gasteiger partial charge in [-0.3, -0.25) is 14.8 Å². The van der Waals surface area contributed by atoms with Crippen LogP contribution in [0.2, 0.25) is 0 Å². The number of hydrogen-bond acceptors (Lipinski definition) is 4. The van der Waals surface area contributed by atoms with E-state index in [0.717, 1.165) is 16.7 Å². The second-order valence-corrected chi connectivity index (χ2v) is 4.45. The highest BCUT2D eigenvalue weighted by atomic mass is 16.5. The van der Waals surface area contributed by atoms with E-state index >= 15 is 0 Å². The Morgan fingerprint density at radius 1 is 1.14 bits per heavy atom. The topological polar surface area (TPSA) is 64.1 Å². The van der Waals surface area contributed by atoms with Gasteiger partial charge in [0.25, 0.3) is 5.91 Å². The number of methoxy groups -OCH3 is 1. The first kappa shape index (κ1) is 13.1. The van der Waals surface area contributed by atoms with Crippen LogP contribution in [0, 0.1) is 0 Å². The van der Waals surface area contributed by atoms with Crippen LogP contribution in [0.25, 0.3) is 10.9 Å².